The SMILES string of the molecule is CC[C@@]12O[C@H]3COC(C)(C)O[C@H]3[C@@H]1OC(C)(C)O2. The molecule has 0 aromatic carbocycles. The lowest BCUT2D eigenvalue weighted by Crippen LogP contribution is -2.51. The van der Waals surface area contributed by atoms with Crippen LogP contribution < -0.4 is 0 Å². The first-order valence-electron chi connectivity index (χ1n) is 6.64. The van der Waals surface area contributed by atoms with Crippen LogP contribution in [-0.4, -0.2) is 42.3 Å². The number of hydrogen-bond acceptors (Lipinski definition) is 5. The Bertz CT molecular complexity index is 353. The second-order valence-corrected chi connectivity index (χ2v) is 6.16. The summed E-state index contributed by atoms with van der Waals surface area (Å²) in [6, 6.07) is 0. The molecule has 0 aromatic rings. The molecule has 0 aromatic heterocycles. The van der Waals surface area contributed by atoms with Gasteiger partial charge in [0, 0.05) is 6.42 Å². The Hall–Kier alpha value is -0.200. The third kappa shape index (κ3) is 1.80. The van der Waals surface area contributed by atoms with Gasteiger partial charge in [0.15, 0.2) is 11.6 Å². The summed E-state index contributed by atoms with van der Waals surface area (Å²) in [5, 5.41) is 0. The highest BCUT2D eigenvalue weighted by Crippen LogP contribution is 2.50. The van der Waals surface area contributed by atoms with Gasteiger partial charge in [0.2, 0.25) is 5.79 Å². The molecule has 3 fully saturated rings. The lowest BCUT2D eigenvalue weighted by Gasteiger charge is -2.38. The Morgan fingerprint density at radius 1 is 1.00 bits per heavy atom. The van der Waals surface area contributed by atoms with Crippen LogP contribution in [0.4, 0.5) is 0 Å². The van der Waals surface area contributed by atoms with E-state index in [1.807, 2.05) is 34.6 Å². The highest BCUT2D eigenvalue weighted by molar-refractivity contribution is 5.04. The highest BCUT2D eigenvalue weighted by Gasteiger charge is 2.66. The zero-order valence-corrected chi connectivity index (χ0v) is 11.7. The molecule has 0 unspecified atom stereocenters. The predicted octanol–water partition coefficient (Wildman–Crippen LogP) is 1.79. The van der Waals surface area contributed by atoms with E-state index in [0.717, 1.165) is 6.42 Å². The third-order valence-corrected chi connectivity index (χ3v) is 3.79. The van der Waals surface area contributed by atoms with Gasteiger partial charge in [-0.15, -0.1) is 0 Å². The maximum atomic E-state index is 6.06. The van der Waals surface area contributed by atoms with Crippen molar-refractivity contribution in [3.8, 4) is 0 Å². The molecule has 3 aliphatic rings. The minimum absolute atomic E-state index is 0.112. The van der Waals surface area contributed by atoms with E-state index in [0.29, 0.717) is 6.61 Å². The van der Waals surface area contributed by atoms with Crippen LogP contribution in [0.3, 0.4) is 0 Å². The van der Waals surface area contributed by atoms with Gasteiger partial charge in [-0.05, 0) is 27.7 Å². The van der Waals surface area contributed by atoms with Crippen molar-refractivity contribution in [2.45, 2.75) is 76.7 Å². The smallest absolute Gasteiger partial charge is 0.200 e. The van der Waals surface area contributed by atoms with Crippen LogP contribution in [-0.2, 0) is 23.7 Å². The van der Waals surface area contributed by atoms with E-state index >= 15 is 0 Å². The summed E-state index contributed by atoms with van der Waals surface area (Å²) in [5.74, 6) is -1.91. The Labute approximate surface area is 108 Å². The highest BCUT2D eigenvalue weighted by atomic mass is 16.9. The number of fused-ring (bicyclic) bond motifs is 3. The molecule has 0 N–H and O–H groups in total. The van der Waals surface area contributed by atoms with Gasteiger partial charge >= 0.3 is 0 Å². The van der Waals surface area contributed by atoms with Crippen molar-refractivity contribution in [2.75, 3.05) is 6.61 Å². The van der Waals surface area contributed by atoms with Crippen LogP contribution in [0.1, 0.15) is 41.0 Å². The number of rotatable bonds is 1. The first-order chi connectivity index (χ1) is 8.27. The molecule has 0 radical (unpaired) electrons. The summed E-state index contributed by atoms with van der Waals surface area (Å²) in [7, 11) is 0. The molecule has 3 rings (SSSR count). The zero-order chi connectivity index (χ0) is 13.2. The molecular formula is C13H22O5. The zero-order valence-electron chi connectivity index (χ0n) is 11.7. The fourth-order valence-electron chi connectivity index (χ4n) is 3.09. The summed E-state index contributed by atoms with van der Waals surface area (Å²) in [6.45, 7) is 10.2. The Morgan fingerprint density at radius 3 is 2.39 bits per heavy atom. The summed E-state index contributed by atoms with van der Waals surface area (Å²) >= 11 is 0. The van der Waals surface area contributed by atoms with Crippen LogP contribution in [0.25, 0.3) is 0 Å². The summed E-state index contributed by atoms with van der Waals surface area (Å²) < 4.78 is 29.7. The number of ether oxygens (including phenoxy) is 5. The van der Waals surface area contributed by atoms with E-state index in [1.165, 1.54) is 0 Å². The van der Waals surface area contributed by atoms with Gasteiger partial charge in [-0.3, -0.25) is 0 Å². The molecule has 3 saturated heterocycles. The third-order valence-electron chi connectivity index (χ3n) is 3.79. The minimum Gasteiger partial charge on any atom is -0.348 e. The lowest BCUT2D eigenvalue weighted by molar-refractivity contribution is -0.328. The summed E-state index contributed by atoms with van der Waals surface area (Å²) in [5.41, 5.74) is 0. The first-order valence-corrected chi connectivity index (χ1v) is 6.64. The van der Waals surface area contributed by atoms with E-state index < -0.39 is 17.4 Å². The Morgan fingerprint density at radius 2 is 1.72 bits per heavy atom. The van der Waals surface area contributed by atoms with Gasteiger partial charge in [0.1, 0.15) is 18.3 Å². The molecule has 4 atom stereocenters. The van der Waals surface area contributed by atoms with Crippen molar-refractivity contribution in [1.29, 1.82) is 0 Å². The molecule has 0 aliphatic carbocycles. The lowest BCUT2D eigenvalue weighted by atomic mass is 10.0. The van der Waals surface area contributed by atoms with E-state index in [9.17, 15) is 0 Å². The topological polar surface area (TPSA) is 46.2 Å². The molecular weight excluding hydrogens is 236 g/mol. The minimum atomic E-state index is -0.692. The molecule has 3 heterocycles. The van der Waals surface area contributed by atoms with Crippen molar-refractivity contribution in [2.24, 2.45) is 0 Å². The summed E-state index contributed by atoms with van der Waals surface area (Å²) in [4.78, 5) is 0. The molecule has 0 bridgehead atoms. The van der Waals surface area contributed by atoms with Gasteiger partial charge in [0.25, 0.3) is 0 Å². The van der Waals surface area contributed by atoms with E-state index in [2.05, 4.69) is 0 Å². The van der Waals surface area contributed by atoms with Crippen molar-refractivity contribution in [3.05, 3.63) is 0 Å². The van der Waals surface area contributed by atoms with Crippen LogP contribution in [0.5, 0.6) is 0 Å². The molecule has 0 amide bonds. The van der Waals surface area contributed by atoms with Gasteiger partial charge in [-0.2, -0.15) is 0 Å². The largest absolute Gasteiger partial charge is 0.348 e. The standard InChI is InChI=1S/C13H22O5/c1-6-13-10(17-12(4,5)18-13)9-8(15-13)7-14-11(2,3)16-9/h8-10H,6-7H2,1-5H3/t8-,9+,10-,13-/m0/s1. The van der Waals surface area contributed by atoms with Crippen molar-refractivity contribution < 1.29 is 23.7 Å². The maximum Gasteiger partial charge on any atom is 0.200 e. The first kappa shape index (κ1) is 12.8. The molecule has 0 spiro atoms. The summed E-state index contributed by atoms with van der Waals surface area (Å²) in [6.07, 6.45) is 0.304. The van der Waals surface area contributed by atoms with Crippen LogP contribution >= 0.6 is 0 Å². The second kappa shape index (κ2) is 3.67. The number of hydrogen-bond donors (Lipinski definition) is 0. The molecule has 3 aliphatic heterocycles. The van der Waals surface area contributed by atoms with Gasteiger partial charge in [-0.25, -0.2) is 0 Å². The van der Waals surface area contributed by atoms with Gasteiger partial charge in [0.05, 0.1) is 6.61 Å². The van der Waals surface area contributed by atoms with Crippen LogP contribution in [0.15, 0.2) is 0 Å². The van der Waals surface area contributed by atoms with Crippen LogP contribution in [0, 0.1) is 0 Å². The Balaban J connectivity index is 1.88. The Kier molecular flexibility index (Phi) is 2.61. The fourth-order valence-corrected chi connectivity index (χ4v) is 3.09. The van der Waals surface area contributed by atoms with E-state index in [1.54, 1.807) is 0 Å². The normalized spacial score (nSPS) is 48.8. The molecule has 18 heavy (non-hydrogen) atoms. The van der Waals surface area contributed by atoms with Crippen molar-refractivity contribution in [3.63, 3.8) is 0 Å². The maximum absolute atomic E-state index is 6.06. The van der Waals surface area contributed by atoms with Crippen LogP contribution in [0.2, 0.25) is 0 Å². The quantitative estimate of drug-likeness (QED) is 0.717. The van der Waals surface area contributed by atoms with E-state index in [-0.39, 0.29) is 18.3 Å². The monoisotopic (exact) mass is 258 g/mol. The average Bonchev–Trinajstić information content (AvgIpc) is 2.66. The molecule has 104 valence electrons. The van der Waals surface area contributed by atoms with E-state index in [4.69, 9.17) is 23.7 Å². The predicted molar refractivity (Wildman–Crippen MR) is 62.8 cm³/mol. The molecule has 0 saturated carbocycles. The fraction of sp³-hybridized carbons (Fsp3) is 1.00. The molecule has 5 nitrogen and oxygen atoms in total. The second-order valence-electron chi connectivity index (χ2n) is 6.16. The molecule has 5 heteroatoms. The van der Waals surface area contributed by atoms with Gasteiger partial charge in [-0.1, -0.05) is 6.92 Å². The van der Waals surface area contributed by atoms with Crippen molar-refractivity contribution in [1.82, 2.24) is 0 Å². The van der Waals surface area contributed by atoms with Crippen molar-refractivity contribution >= 4 is 0 Å². The van der Waals surface area contributed by atoms with Gasteiger partial charge < -0.3 is 23.7 Å². The average molecular weight is 258 g/mol.